The van der Waals surface area contributed by atoms with E-state index in [9.17, 15) is 20.0 Å². The molecular weight excluding hydrogens is 828 g/mol. The zero-order valence-corrected chi connectivity index (χ0v) is 38.9. The fourth-order valence-corrected chi connectivity index (χ4v) is 12.1. The van der Waals surface area contributed by atoms with Crippen molar-refractivity contribution in [3.63, 3.8) is 0 Å². The molecule has 1 saturated carbocycles. The number of nitrogens with zero attached hydrogens (tertiary/aromatic N) is 4. The lowest BCUT2D eigenvalue weighted by Crippen LogP contribution is -2.76. The van der Waals surface area contributed by atoms with Gasteiger partial charge in [0, 0.05) is 91.5 Å². The molecular formula is C50H63ClN8O5. The van der Waals surface area contributed by atoms with Crippen molar-refractivity contribution in [3.05, 3.63) is 88.6 Å². The van der Waals surface area contributed by atoms with E-state index in [2.05, 4.69) is 77.0 Å². The van der Waals surface area contributed by atoms with Crippen molar-refractivity contribution in [1.29, 1.82) is 5.26 Å². The van der Waals surface area contributed by atoms with Crippen LogP contribution in [0.15, 0.2) is 66.9 Å². The summed E-state index contributed by atoms with van der Waals surface area (Å²) < 4.78 is 13.0. The normalized spacial score (nSPS) is 28.3. The Morgan fingerprint density at radius 2 is 1.70 bits per heavy atom. The number of hydrogen-bond acceptors (Lipinski definition) is 11. The number of nitriles is 1. The molecule has 13 nitrogen and oxygen atoms in total. The molecule has 0 bridgehead atoms. The molecule has 4 saturated heterocycles. The van der Waals surface area contributed by atoms with Crippen molar-refractivity contribution in [2.24, 2.45) is 22.2 Å². The van der Waals surface area contributed by atoms with Gasteiger partial charge in [-0.25, -0.2) is 0 Å². The van der Waals surface area contributed by atoms with Gasteiger partial charge < -0.3 is 40.3 Å². The van der Waals surface area contributed by atoms with E-state index in [1.54, 1.807) is 44.0 Å². The minimum atomic E-state index is -1.03. The van der Waals surface area contributed by atoms with Crippen molar-refractivity contribution in [1.82, 2.24) is 31.1 Å². The SMILES string of the molecule is CN1C=C(c2cc(C(C)(C)O)ccc2Oc2ccc(N3CC4(CCCN(C5CNC(C(=O)NC6C(C)(C)C(Oc7ccc(C#N)c(Cl)c7)C6(C)C)CN5)C4)C3)cc2)C2CCNC2C1=O. The second-order valence-corrected chi connectivity index (χ2v) is 21.3. The molecule has 64 heavy (non-hydrogen) atoms. The van der Waals surface area contributed by atoms with Crippen LogP contribution in [0.1, 0.15) is 77.5 Å². The number of likely N-dealkylation sites (tertiary alicyclic amines) is 1. The summed E-state index contributed by atoms with van der Waals surface area (Å²) in [6, 6.07) is 20.7. The third-order valence-corrected chi connectivity index (χ3v) is 15.4. The maximum Gasteiger partial charge on any atom is 0.244 e. The zero-order valence-electron chi connectivity index (χ0n) is 38.1. The summed E-state index contributed by atoms with van der Waals surface area (Å²) in [5.41, 5.74) is 2.83. The summed E-state index contributed by atoms with van der Waals surface area (Å²) in [7, 11) is 1.80. The van der Waals surface area contributed by atoms with E-state index in [4.69, 9.17) is 21.1 Å². The van der Waals surface area contributed by atoms with Crippen molar-refractivity contribution >= 4 is 34.7 Å². The first-order valence-electron chi connectivity index (χ1n) is 22.9. The maximum absolute atomic E-state index is 13.7. The van der Waals surface area contributed by atoms with E-state index in [0.29, 0.717) is 35.2 Å². The lowest BCUT2D eigenvalue weighted by molar-refractivity contribution is -0.174. The van der Waals surface area contributed by atoms with Crippen LogP contribution in [-0.2, 0) is 15.2 Å². The van der Waals surface area contributed by atoms with E-state index in [0.717, 1.165) is 68.0 Å². The standard InChI is InChI=1S/C50H63ClN8O5/c1-47(2)45(48(3,4)46(47)64-34-13-9-30(23-52)38(51)22-34)56-43(60)39-24-55-41(25-54-39)58-20-8-18-50(27-58)28-59(29-50)32-11-14-33(15-12-32)63-40-16-10-31(49(5,6)62)21-36(40)37-26-57(7)44(61)42-35(37)17-19-53-42/h9-16,21-22,26,35,39,41-42,45-46,53-55,62H,8,17-20,24-25,27-29H2,1-7H3,(H,56,60). The number of fused-ring (bicyclic) bond motifs is 1. The van der Waals surface area contributed by atoms with Crippen LogP contribution in [0, 0.1) is 33.5 Å². The van der Waals surface area contributed by atoms with E-state index >= 15 is 0 Å². The highest BCUT2D eigenvalue weighted by atomic mass is 35.5. The highest BCUT2D eigenvalue weighted by molar-refractivity contribution is 6.31. The summed E-state index contributed by atoms with van der Waals surface area (Å²) in [6.07, 6.45) is 5.11. The Morgan fingerprint density at radius 1 is 0.969 bits per heavy atom. The number of likely N-dealkylation sites (N-methyl/N-ethyl adjacent to an activating group) is 1. The number of hydrogen-bond donors (Lipinski definition) is 5. The van der Waals surface area contributed by atoms with Gasteiger partial charge in [-0.1, -0.05) is 45.4 Å². The summed E-state index contributed by atoms with van der Waals surface area (Å²) >= 11 is 6.29. The molecule has 1 spiro atoms. The molecule has 14 heteroatoms. The topological polar surface area (TPSA) is 154 Å². The number of nitrogens with one attached hydrogen (secondary N) is 4. The second-order valence-electron chi connectivity index (χ2n) is 20.9. The number of carbonyl (C=O) groups is 2. The van der Waals surface area contributed by atoms with E-state index in [1.807, 2.05) is 36.5 Å². The number of halogens is 1. The molecule has 3 aromatic carbocycles. The van der Waals surface area contributed by atoms with Crippen molar-refractivity contribution in [2.75, 3.05) is 57.8 Å². The summed E-state index contributed by atoms with van der Waals surface area (Å²) in [4.78, 5) is 33.4. The van der Waals surface area contributed by atoms with Crippen LogP contribution in [0.25, 0.3) is 5.57 Å². The van der Waals surface area contributed by atoms with Crippen LogP contribution >= 0.6 is 11.6 Å². The van der Waals surface area contributed by atoms with Crippen LogP contribution in [0.3, 0.4) is 0 Å². The number of amides is 2. The van der Waals surface area contributed by atoms with Crippen LogP contribution < -0.4 is 35.6 Å². The van der Waals surface area contributed by atoms with Gasteiger partial charge in [-0.05, 0) is 106 Å². The van der Waals surface area contributed by atoms with Gasteiger partial charge in [0.25, 0.3) is 0 Å². The number of ether oxygens (including phenoxy) is 2. The highest BCUT2D eigenvalue weighted by Crippen LogP contribution is 2.56. The third kappa shape index (κ3) is 8.15. The Labute approximate surface area is 382 Å². The number of piperidine rings is 1. The molecule has 9 rings (SSSR count). The number of rotatable bonds is 10. The Morgan fingerprint density at radius 3 is 2.38 bits per heavy atom. The molecule has 5 fully saturated rings. The minimum absolute atomic E-state index is 0.00544. The smallest absolute Gasteiger partial charge is 0.244 e. The second kappa shape index (κ2) is 16.6. The molecule has 4 unspecified atom stereocenters. The number of benzene rings is 3. The fraction of sp³-hybridized carbons (Fsp3) is 0.540. The van der Waals surface area contributed by atoms with Gasteiger partial charge in [0.15, 0.2) is 0 Å². The molecule has 5 heterocycles. The molecule has 340 valence electrons. The molecule has 5 aliphatic heterocycles. The van der Waals surface area contributed by atoms with E-state index < -0.39 is 5.60 Å². The first kappa shape index (κ1) is 44.5. The van der Waals surface area contributed by atoms with Gasteiger partial charge in [0.1, 0.15) is 29.4 Å². The molecule has 1 aliphatic carbocycles. The first-order valence-corrected chi connectivity index (χ1v) is 23.2. The van der Waals surface area contributed by atoms with Crippen LogP contribution in [0.2, 0.25) is 5.02 Å². The van der Waals surface area contributed by atoms with Gasteiger partial charge in [-0.2, -0.15) is 5.26 Å². The summed E-state index contributed by atoms with van der Waals surface area (Å²) in [5, 5.41) is 34.6. The Hall–Kier alpha value is -4.68. The highest BCUT2D eigenvalue weighted by Gasteiger charge is 2.64. The number of carbonyl (C=O) groups excluding carboxylic acids is 2. The van der Waals surface area contributed by atoms with Gasteiger partial charge in [-0.15, -0.1) is 0 Å². The monoisotopic (exact) mass is 890 g/mol. The molecule has 6 aliphatic rings. The average Bonchev–Trinajstić information content (AvgIpc) is 3.76. The third-order valence-electron chi connectivity index (χ3n) is 15.1. The van der Waals surface area contributed by atoms with Gasteiger partial charge >= 0.3 is 0 Å². The van der Waals surface area contributed by atoms with Crippen LogP contribution in [0.4, 0.5) is 5.69 Å². The molecule has 3 aromatic rings. The van der Waals surface area contributed by atoms with Gasteiger partial charge in [0.05, 0.1) is 34.4 Å². The molecule has 5 N–H and O–H groups in total. The average molecular weight is 892 g/mol. The van der Waals surface area contributed by atoms with E-state index in [-0.39, 0.29) is 64.4 Å². The number of piperazine rings is 1. The number of anilines is 1. The molecule has 4 atom stereocenters. The lowest BCUT2D eigenvalue weighted by Gasteiger charge is -2.63. The fourth-order valence-electron chi connectivity index (χ4n) is 11.9. The minimum Gasteiger partial charge on any atom is -0.489 e. The van der Waals surface area contributed by atoms with Crippen LogP contribution in [0.5, 0.6) is 17.2 Å². The maximum atomic E-state index is 13.7. The van der Waals surface area contributed by atoms with Gasteiger partial charge in [-0.3, -0.25) is 19.8 Å². The predicted octanol–water partition coefficient (Wildman–Crippen LogP) is 5.81. The predicted molar refractivity (Wildman–Crippen MR) is 248 cm³/mol. The van der Waals surface area contributed by atoms with Crippen molar-refractivity contribution < 1.29 is 24.2 Å². The first-order chi connectivity index (χ1) is 30.4. The quantitative estimate of drug-likeness (QED) is 0.168. The molecule has 0 aromatic heterocycles. The summed E-state index contributed by atoms with van der Waals surface area (Å²) in [6.45, 7) is 18.1. The molecule has 2 amide bonds. The van der Waals surface area contributed by atoms with Crippen LogP contribution in [-0.4, -0.2) is 110 Å². The molecule has 0 radical (unpaired) electrons. The largest absolute Gasteiger partial charge is 0.489 e. The van der Waals surface area contributed by atoms with Gasteiger partial charge in [0.2, 0.25) is 11.8 Å². The Kier molecular flexibility index (Phi) is 11.6. The zero-order chi connectivity index (χ0) is 45.3. The summed E-state index contributed by atoms with van der Waals surface area (Å²) in [5.74, 6) is 2.14. The Bertz CT molecular complexity index is 2340. The van der Waals surface area contributed by atoms with Crippen molar-refractivity contribution in [2.45, 2.75) is 96.8 Å². The van der Waals surface area contributed by atoms with E-state index in [1.165, 1.54) is 12.1 Å². The Balaban J connectivity index is 0.778. The van der Waals surface area contributed by atoms with Crippen molar-refractivity contribution in [3.8, 4) is 23.3 Å². The lowest BCUT2D eigenvalue weighted by atomic mass is 9.49. The number of aliphatic hydroxyl groups is 1.